The van der Waals surface area contributed by atoms with Crippen LogP contribution < -0.4 is 9.62 Å². The maximum absolute atomic E-state index is 12.9. The Kier molecular flexibility index (Phi) is 4.62. The van der Waals surface area contributed by atoms with Gasteiger partial charge in [-0.2, -0.15) is 13.5 Å². The van der Waals surface area contributed by atoms with Crippen LogP contribution in [0.3, 0.4) is 0 Å². The minimum Gasteiger partial charge on any atom is -0.350 e. The molecule has 28 heavy (non-hydrogen) atoms. The van der Waals surface area contributed by atoms with Crippen molar-refractivity contribution in [1.29, 1.82) is 0 Å². The van der Waals surface area contributed by atoms with Gasteiger partial charge in [0.05, 0.1) is 11.8 Å². The first-order valence-corrected chi connectivity index (χ1v) is 11.1. The fourth-order valence-electron chi connectivity index (χ4n) is 4.24. The summed E-state index contributed by atoms with van der Waals surface area (Å²) in [4.78, 5) is 19.4. The standard InChI is InChI=1S/C18H22ClN5O3S/c1-18(2)10-12-4-3-9-24-15(7-8-20-24)28(26,27)22-17(25)13-5-6-14(19)21-16(13)23(18)11-12/h5-8,12H,3-4,9-11H2,1-2H3,(H,22,25). The Balaban J connectivity index is 1.84. The van der Waals surface area contributed by atoms with E-state index in [1.807, 2.05) is 0 Å². The van der Waals surface area contributed by atoms with Gasteiger partial charge in [-0.15, -0.1) is 0 Å². The van der Waals surface area contributed by atoms with Crippen molar-refractivity contribution in [3.05, 3.63) is 35.1 Å². The molecule has 0 saturated carbocycles. The van der Waals surface area contributed by atoms with E-state index in [1.165, 1.54) is 29.1 Å². The number of rotatable bonds is 0. The van der Waals surface area contributed by atoms with Gasteiger partial charge >= 0.3 is 0 Å². The summed E-state index contributed by atoms with van der Waals surface area (Å²) in [6.45, 7) is 5.42. The second kappa shape index (κ2) is 6.73. The molecule has 2 bridgehead atoms. The maximum Gasteiger partial charge on any atom is 0.281 e. The lowest BCUT2D eigenvalue weighted by atomic mass is 9.93. The highest BCUT2D eigenvalue weighted by atomic mass is 35.5. The van der Waals surface area contributed by atoms with Crippen LogP contribution in [0.1, 0.15) is 43.5 Å². The topological polar surface area (TPSA) is 97.2 Å². The third-order valence-electron chi connectivity index (χ3n) is 5.46. The van der Waals surface area contributed by atoms with E-state index in [-0.39, 0.29) is 21.3 Å². The molecule has 2 aliphatic heterocycles. The van der Waals surface area contributed by atoms with Gasteiger partial charge in [0.25, 0.3) is 15.9 Å². The Hall–Kier alpha value is -2.13. The lowest BCUT2D eigenvalue weighted by Gasteiger charge is -2.33. The molecular formula is C18H22ClN5O3S. The maximum atomic E-state index is 12.9. The van der Waals surface area contributed by atoms with Crippen molar-refractivity contribution in [2.45, 2.75) is 50.2 Å². The normalized spacial score (nSPS) is 23.6. The summed E-state index contributed by atoms with van der Waals surface area (Å²) >= 11 is 6.11. The van der Waals surface area contributed by atoms with E-state index >= 15 is 0 Å². The quantitative estimate of drug-likeness (QED) is 0.653. The summed E-state index contributed by atoms with van der Waals surface area (Å²) < 4.78 is 29.2. The van der Waals surface area contributed by atoms with Gasteiger partial charge in [-0.25, -0.2) is 9.71 Å². The van der Waals surface area contributed by atoms with Gasteiger partial charge < -0.3 is 4.90 Å². The van der Waals surface area contributed by atoms with Gasteiger partial charge in [-0.05, 0) is 57.2 Å². The Bertz CT molecular complexity index is 1030. The molecule has 1 saturated heterocycles. The summed E-state index contributed by atoms with van der Waals surface area (Å²) in [7, 11) is -4.06. The molecule has 1 fully saturated rings. The molecule has 1 unspecified atom stereocenters. The number of nitrogens with zero attached hydrogens (tertiary/aromatic N) is 4. The highest BCUT2D eigenvalue weighted by molar-refractivity contribution is 7.90. The fraction of sp³-hybridized carbons (Fsp3) is 0.500. The molecule has 0 radical (unpaired) electrons. The van der Waals surface area contributed by atoms with Crippen LogP contribution in [-0.4, -0.2) is 41.2 Å². The molecule has 0 aliphatic carbocycles. The summed E-state index contributed by atoms with van der Waals surface area (Å²) in [5.74, 6) is 0.0916. The Morgan fingerprint density at radius 3 is 2.86 bits per heavy atom. The van der Waals surface area contributed by atoms with Crippen molar-refractivity contribution in [2.75, 3.05) is 11.4 Å². The number of aromatic nitrogens is 3. The Morgan fingerprint density at radius 2 is 2.07 bits per heavy atom. The third-order valence-corrected chi connectivity index (χ3v) is 7.03. The van der Waals surface area contributed by atoms with Crippen LogP contribution in [0.15, 0.2) is 29.4 Å². The summed E-state index contributed by atoms with van der Waals surface area (Å²) in [5.41, 5.74) is -0.0379. The Labute approximate surface area is 168 Å². The van der Waals surface area contributed by atoms with E-state index in [4.69, 9.17) is 11.6 Å². The van der Waals surface area contributed by atoms with Crippen molar-refractivity contribution in [3.63, 3.8) is 0 Å². The predicted octanol–water partition coefficient (Wildman–Crippen LogP) is 2.45. The lowest BCUT2D eigenvalue weighted by molar-refractivity contribution is 0.0981. The van der Waals surface area contributed by atoms with Crippen LogP contribution in [0.2, 0.25) is 5.15 Å². The average Bonchev–Trinajstić information content (AvgIpc) is 3.18. The van der Waals surface area contributed by atoms with Crippen LogP contribution in [0.25, 0.3) is 0 Å². The average molecular weight is 424 g/mol. The highest BCUT2D eigenvalue weighted by Crippen LogP contribution is 2.39. The van der Waals surface area contributed by atoms with E-state index < -0.39 is 15.9 Å². The Morgan fingerprint density at radius 1 is 1.29 bits per heavy atom. The molecule has 0 aromatic carbocycles. The van der Waals surface area contributed by atoms with Crippen molar-refractivity contribution in [1.82, 2.24) is 19.5 Å². The van der Waals surface area contributed by atoms with E-state index in [9.17, 15) is 13.2 Å². The minimum absolute atomic E-state index is 0.0191. The van der Waals surface area contributed by atoms with E-state index in [2.05, 4.69) is 33.6 Å². The van der Waals surface area contributed by atoms with E-state index in [1.54, 1.807) is 0 Å². The number of hydrogen-bond acceptors (Lipinski definition) is 6. The number of amides is 1. The van der Waals surface area contributed by atoms with Crippen molar-refractivity contribution < 1.29 is 13.2 Å². The number of nitrogens with one attached hydrogen (secondary N) is 1. The molecule has 8 nitrogen and oxygen atoms in total. The molecule has 1 atom stereocenters. The largest absolute Gasteiger partial charge is 0.350 e. The molecular weight excluding hydrogens is 402 g/mol. The van der Waals surface area contributed by atoms with E-state index in [0.29, 0.717) is 18.3 Å². The van der Waals surface area contributed by atoms with Gasteiger partial charge in [-0.1, -0.05) is 11.6 Å². The van der Waals surface area contributed by atoms with Crippen LogP contribution in [0.4, 0.5) is 5.82 Å². The fourth-order valence-corrected chi connectivity index (χ4v) is 5.49. The number of aryl methyl sites for hydroxylation is 1. The van der Waals surface area contributed by atoms with Gasteiger partial charge in [0.1, 0.15) is 11.0 Å². The molecule has 1 amide bonds. The first kappa shape index (κ1) is 19.2. The number of pyridine rings is 1. The molecule has 4 rings (SSSR count). The van der Waals surface area contributed by atoms with Crippen LogP contribution in [0, 0.1) is 5.92 Å². The SMILES string of the molecule is CC1(C)CC2CCCn3nccc3S(=O)(=O)NC(=O)c3ccc(Cl)nc3N1C2. The van der Waals surface area contributed by atoms with Crippen LogP contribution in [-0.2, 0) is 16.6 Å². The number of carbonyl (C=O) groups excluding carboxylic acids is 1. The van der Waals surface area contributed by atoms with Crippen molar-refractivity contribution in [2.24, 2.45) is 5.92 Å². The lowest BCUT2D eigenvalue weighted by Crippen LogP contribution is -2.41. The zero-order valence-corrected chi connectivity index (χ0v) is 17.3. The minimum atomic E-state index is -4.06. The first-order valence-electron chi connectivity index (χ1n) is 9.20. The molecule has 2 aromatic rings. The molecule has 4 heterocycles. The molecule has 0 spiro atoms. The zero-order chi connectivity index (χ0) is 20.1. The molecule has 1 N–H and O–H groups in total. The third kappa shape index (κ3) is 3.37. The molecule has 2 aromatic heterocycles. The second-order valence-electron chi connectivity index (χ2n) is 7.97. The summed E-state index contributed by atoms with van der Waals surface area (Å²) in [6.07, 6.45) is 4.10. The number of hydrogen-bond donors (Lipinski definition) is 1. The second-order valence-corrected chi connectivity index (χ2v) is 9.98. The number of anilines is 1. The van der Waals surface area contributed by atoms with Gasteiger partial charge in [0, 0.05) is 18.6 Å². The molecule has 10 heteroatoms. The van der Waals surface area contributed by atoms with Gasteiger partial charge in [0.2, 0.25) is 0 Å². The first-order chi connectivity index (χ1) is 13.2. The summed E-state index contributed by atoms with van der Waals surface area (Å²) in [5, 5.41) is 4.36. The summed E-state index contributed by atoms with van der Waals surface area (Å²) in [6, 6.07) is 4.42. The number of halogens is 1. The highest BCUT2D eigenvalue weighted by Gasteiger charge is 2.41. The van der Waals surface area contributed by atoms with Crippen molar-refractivity contribution >= 4 is 33.3 Å². The van der Waals surface area contributed by atoms with E-state index in [0.717, 1.165) is 25.8 Å². The predicted molar refractivity (Wildman–Crippen MR) is 105 cm³/mol. The molecule has 2 aliphatic rings. The van der Waals surface area contributed by atoms with Gasteiger partial charge in [0.15, 0.2) is 5.03 Å². The van der Waals surface area contributed by atoms with Gasteiger partial charge in [-0.3, -0.25) is 9.48 Å². The molecule has 150 valence electrons. The smallest absolute Gasteiger partial charge is 0.281 e. The van der Waals surface area contributed by atoms with Crippen LogP contribution >= 0.6 is 11.6 Å². The monoisotopic (exact) mass is 423 g/mol. The number of carbonyl (C=O) groups is 1. The van der Waals surface area contributed by atoms with Crippen molar-refractivity contribution in [3.8, 4) is 0 Å². The zero-order valence-electron chi connectivity index (χ0n) is 15.7. The number of sulfonamides is 1. The van der Waals surface area contributed by atoms with Crippen LogP contribution in [0.5, 0.6) is 0 Å². The number of fused-ring (bicyclic) bond motifs is 5.